The predicted octanol–water partition coefficient (Wildman–Crippen LogP) is 3.51. The summed E-state index contributed by atoms with van der Waals surface area (Å²) >= 11 is 5.76. The van der Waals surface area contributed by atoms with Gasteiger partial charge < -0.3 is 0 Å². The van der Waals surface area contributed by atoms with Gasteiger partial charge in [0.05, 0.1) is 10.8 Å². The van der Waals surface area contributed by atoms with E-state index in [1.165, 1.54) is 0 Å². The highest BCUT2D eigenvalue weighted by atomic mass is 35.5. The molecule has 0 aliphatic rings. The molecule has 1 nitrogen and oxygen atoms in total. The molecule has 0 aliphatic heterocycles. The van der Waals surface area contributed by atoms with E-state index in [0.29, 0.717) is 5.02 Å². The molecule has 15 heavy (non-hydrogen) atoms. The molecule has 0 spiro atoms. The second kappa shape index (κ2) is 4.60. The first-order valence-corrected chi connectivity index (χ1v) is 6.02. The van der Waals surface area contributed by atoms with E-state index < -0.39 is 10.8 Å². The summed E-state index contributed by atoms with van der Waals surface area (Å²) in [5.74, 6) is 0. The highest BCUT2D eigenvalue weighted by Crippen LogP contribution is 2.18. The van der Waals surface area contributed by atoms with Crippen LogP contribution in [0.2, 0.25) is 5.02 Å². The van der Waals surface area contributed by atoms with Crippen molar-refractivity contribution in [3.63, 3.8) is 0 Å². The van der Waals surface area contributed by atoms with Gasteiger partial charge in [0.25, 0.3) is 0 Å². The molecule has 0 aliphatic carbocycles. The van der Waals surface area contributed by atoms with Crippen LogP contribution in [-0.2, 0) is 10.8 Å². The lowest BCUT2D eigenvalue weighted by Crippen LogP contribution is -1.91. The fraction of sp³-hybridized carbons (Fsp3) is 0. The van der Waals surface area contributed by atoms with Gasteiger partial charge in [0.15, 0.2) is 0 Å². The molecule has 76 valence electrons. The zero-order valence-corrected chi connectivity index (χ0v) is 9.46. The van der Waals surface area contributed by atoms with E-state index in [-0.39, 0.29) is 0 Å². The minimum atomic E-state index is -1.11. The summed E-state index contributed by atoms with van der Waals surface area (Å²) < 4.78 is 12.0. The van der Waals surface area contributed by atoms with Crippen molar-refractivity contribution in [3.05, 3.63) is 59.6 Å². The smallest absolute Gasteiger partial charge is 0.0849 e. The monoisotopic (exact) mass is 236 g/mol. The molecule has 0 aromatic heterocycles. The summed E-state index contributed by atoms with van der Waals surface area (Å²) in [6, 6.07) is 16.4. The number of hydrogen-bond donors (Lipinski definition) is 0. The Morgan fingerprint density at radius 2 is 1.33 bits per heavy atom. The molecule has 0 fully saturated rings. The van der Waals surface area contributed by atoms with Crippen molar-refractivity contribution in [3.8, 4) is 0 Å². The average Bonchev–Trinajstić information content (AvgIpc) is 2.30. The summed E-state index contributed by atoms with van der Waals surface area (Å²) in [7, 11) is -1.11. The highest BCUT2D eigenvalue weighted by molar-refractivity contribution is 7.85. The highest BCUT2D eigenvalue weighted by Gasteiger charge is 2.05. The van der Waals surface area contributed by atoms with Crippen molar-refractivity contribution in [1.82, 2.24) is 0 Å². The van der Waals surface area contributed by atoms with Gasteiger partial charge >= 0.3 is 0 Å². The van der Waals surface area contributed by atoms with Gasteiger partial charge in [-0.05, 0) is 36.4 Å². The number of benzene rings is 2. The molecular formula is C12H9ClOS. The van der Waals surface area contributed by atoms with E-state index in [0.717, 1.165) is 9.79 Å². The van der Waals surface area contributed by atoms with Crippen molar-refractivity contribution in [1.29, 1.82) is 0 Å². The Morgan fingerprint density at radius 3 is 1.93 bits per heavy atom. The van der Waals surface area contributed by atoms with Crippen LogP contribution in [0.3, 0.4) is 0 Å². The zero-order valence-electron chi connectivity index (χ0n) is 7.89. The van der Waals surface area contributed by atoms with Gasteiger partial charge in [-0.15, -0.1) is 0 Å². The topological polar surface area (TPSA) is 17.1 Å². The Hall–Kier alpha value is -1.12. The lowest BCUT2D eigenvalue weighted by molar-refractivity contribution is 0.683. The van der Waals surface area contributed by atoms with Gasteiger partial charge in [-0.1, -0.05) is 29.8 Å². The van der Waals surface area contributed by atoms with E-state index in [9.17, 15) is 4.21 Å². The fourth-order valence-corrected chi connectivity index (χ4v) is 2.42. The third kappa shape index (κ3) is 2.46. The molecule has 0 radical (unpaired) electrons. The third-order valence-electron chi connectivity index (χ3n) is 1.98. The number of hydrogen-bond acceptors (Lipinski definition) is 1. The van der Waals surface area contributed by atoms with Crippen LogP contribution in [0.15, 0.2) is 64.4 Å². The fourth-order valence-electron chi connectivity index (χ4n) is 1.24. The summed E-state index contributed by atoms with van der Waals surface area (Å²) in [4.78, 5) is 1.57. The van der Waals surface area contributed by atoms with Gasteiger partial charge in [-0.3, -0.25) is 0 Å². The summed E-state index contributed by atoms with van der Waals surface area (Å²) in [5, 5.41) is 0.656. The average molecular weight is 237 g/mol. The maximum absolute atomic E-state index is 12.0. The van der Waals surface area contributed by atoms with Crippen LogP contribution in [-0.4, -0.2) is 4.21 Å². The summed E-state index contributed by atoms with van der Waals surface area (Å²) in [6.07, 6.45) is 0. The van der Waals surface area contributed by atoms with Gasteiger partial charge in [0.2, 0.25) is 0 Å². The molecule has 3 heteroatoms. The zero-order chi connectivity index (χ0) is 10.7. The Balaban J connectivity index is 2.33. The van der Waals surface area contributed by atoms with Gasteiger partial charge in [-0.25, -0.2) is 4.21 Å². The van der Waals surface area contributed by atoms with Crippen LogP contribution in [0.4, 0.5) is 0 Å². The van der Waals surface area contributed by atoms with Crippen LogP contribution < -0.4 is 0 Å². The van der Waals surface area contributed by atoms with E-state index in [2.05, 4.69) is 0 Å². The maximum Gasteiger partial charge on any atom is 0.0849 e. The lowest BCUT2D eigenvalue weighted by atomic mass is 10.4. The molecular weight excluding hydrogens is 228 g/mol. The minimum Gasteiger partial charge on any atom is -0.249 e. The van der Waals surface area contributed by atoms with Crippen molar-refractivity contribution >= 4 is 22.4 Å². The molecule has 0 bridgehead atoms. The second-order valence-electron chi connectivity index (χ2n) is 3.04. The number of rotatable bonds is 2. The molecule has 2 aromatic carbocycles. The largest absolute Gasteiger partial charge is 0.249 e. The standard InChI is InChI=1S/C12H9ClOS/c13-10-6-8-12(9-7-10)15(14)11-4-2-1-3-5-11/h1-9H/t15-/m0/s1. The van der Waals surface area contributed by atoms with Crippen LogP contribution in [0.25, 0.3) is 0 Å². The first-order chi connectivity index (χ1) is 7.27. The molecule has 0 amide bonds. The minimum absolute atomic E-state index is 0.656. The third-order valence-corrected chi connectivity index (χ3v) is 3.64. The molecule has 2 aromatic rings. The summed E-state index contributed by atoms with van der Waals surface area (Å²) in [6.45, 7) is 0. The molecule has 0 saturated carbocycles. The Morgan fingerprint density at radius 1 is 0.800 bits per heavy atom. The van der Waals surface area contributed by atoms with Crippen LogP contribution in [0.1, 0.15) is 0 Å². The predicted molar refractivity (Wildman–Crippen MR) is 62.6 cm³/mol. The number of halogens is 1. The Kier molecular flexibility index (Phi) is 3.19. The molecule has 2 rings (SSSR count). The first-order valence-electron chi connectivity index (χ1n) is 4.50. The van der Waals surface area contributed by atoms with Gasteiger partial charge in [0, 0.05) is 14.8 Å². The van der Waals surface area contributed by atoms with E-state index in [1.807, 2.05) is 30.3 Å². The van der Waals surface area contributed by atoms with E-state index in [1.54, 1.807) is 24.3 Å². The SMILES string of the molecule is O=[S@@](c1ccccc1)c1ccc(Cl)cc1. The lowest BCUT2D eigenvalue weighted by Gasteiger charge is -2.01. The van der Waals surface area contributed by atoms with Crippen molar-refractivity contribution < 1.29 is 4.21 Å². The molecule has 1 atom stereocenters. The van der Waals surface area contributed by atoms with Crippen molar-refractivity contribution in [2.24, 2.45) is 0 Å². The first kappa shape index (κ1) is 10.4. The molecule has 0 N–H and O–H groups in total. The van der Waals surface area contributed by atoms with Crippen molar-refractivity contribution in [2.75, 3.05) is 0 Å². The van der Waals surface area contributed by atoms with Gasteiger partial charge in [0.1, 0.15) is 0 Å². The molecule has 0 heterocycles. The molecule has 0 saturated heterocycles. The second-order valence-corrected chi connectivity index (χ2v) is 4.95. The molecule has 0 unspecified atom stereocenters. The van der Waals surface area contributed by atoms with Crippen molar-refractivity contribution in [2.45, 2.75) is 9.79 Å². The van der Waals surface area contributed by atoms with E-state index in [4.69, 9.17) is 11.6 Å². The van der Waals surface area contributed by atoms with Crippen LogP contribution >= 0.6 is 11.6 Å². The van der Waals surface area contributed by atoms with Gasteiger partial charge in [-0.2, -0.15) is 0 Å². The Labute approximate surface area is 96.2 Å². The summed E-state index contributed by atoms with van der Waals surface area (Å²) in [5.41, 5.74) is 0. The Bertz CT molecular complexity index is 465. The quantitative estimate of drug-likeness (QED) is 0.780. The normalized spacial score (nSPS) is 12.3. The van der Waals surface area contributed by atoms with Crippen LogP contribution in [0, 0.1) is 0 Å². The van der Waals surface area contributed by atoms with E-state index >= 15 is 0 Å². The maximum atomic E-state index is 12.0. The van der Waals surface area contributed by atoms with Crippen LogP contribution in [0.5, 0.6) is 0 Å².